The molecule has 0 spiro atoms. The number of carbonyl (C=O) groups excluding carboxylic acids is 4. The SMILES string of the molecule is COc1ccc([C@@]23C(=O)N(Nc4ccc(Cl)cc4Cl)C(=O)[C@@H]2C[C@@H]2C(=CC[C@@H]4C(=O)N(c5ccc(Br)cc5)C(=O)[C@@H]42)[C@@H]3c2cc(Cl)c(O)c(OC)c2)cc1. The number of nitrogens with one attached hydrogen (secondary N) is 1. The molecule has 0 radical (unpaired) electrons. The number of amides is 4. The largest absolute Gasteiger partial charge is 0.503 e. The standard InChI is InChI=1S/C40H31BrCl3N3O7/c1-53-24-10-3-20(4-11-24)40-28(37(50)47(39(40)52)45-31-14-7-22(42)17-29(31)43)18-27-25(34(40)19-15-30(44)35(48)32(16-19)54-2)12-13-26-33(27)38(51)46(36(26)49)23-8-5-21(41)6-9-23/h3-12,14-17,26-28,33-34,45,48H,13,18H2,1-2H3/t26-,27+,28-,33-,34-,40+/m0/s1. The number of carbonyl (C=O) groups is 4. The maximum absolute atomic E-state index is 15.5. The Hall–Kier alpha value is -4.55. The van der Waals surface area contributed by atoms with Crippen LogP contribution in [0.15, 0.2) is 95.0 Å². The molecular formula is C40H31BrCl3N3O7. The minimum absolute atomic E-state index is 0.0320. The van der Waals surface area contributed by atoms with E-state index in [2.05, 4.69) is 21.4 Å². The molecule has 4 amide bonds. The highest BCUT2D eigenvalue weighted by molar-refractivity contribution is 9.10. The maximum Gasteiger partial charge on any atom is 0.260 e. The van der Waals surface area contributed by atoms with Crippen LogP contribution in [0.4, 0.5) is 11.4 Å². The van der Waals surface area contributed by atoms with Crippen molar-refractivity contribution in [2.75, 3.05) is 24.5 Å². The molecule has 6 atom stereocenters. The number of hydrogen-bond donors (Lipinski definition) is 2. The van der Waals surface area contributed by atoms with E-state index in [0.717, 1.165) is 9.48 Å². The van der Waals surface area contributed by atoms with Crippen molar-refractivity contribution in [1.82, 2.24) is 5.01 Å². The lowest BCUT2D eigenvalue weighted by atomic mass is 9.49. The number of hydrazine groups is 1. The average Bonchev–Trinajstić information content (AvgIpc) is 3.54. The van der Waals surface area contributed by atoms with Crippen molar-refractivity contribution >= 4 is 85.7 Å². The molecule has 4 aliphatic rings. The van der Waals surface area contributed by atoms with Crippen LogP contribution in [0.2, 0.25) is 15.1 Å². The number of halogens is 4. The first-order valence-electron chi connectivity index (χ1n) is 17.0. The summed E-state index contributed by atoms with van der Waals surface area (Å²) in [7, 11) is 2.91. The van der Waals surface area contributed by atoms with E-state index in [1.54, 1.807) is 72.8 Å². The first kappa shape index (κ1) is 36.4. The van der Waals surface area contributed by atoms with Gasteiger partial charge in [0.1, 0.15) is 5.75 Å². The summed E-state index contributed by atoms with van der Waals surface area (Å²) in [6.45, 7) is 0. The number of hydrogen-bond acceptors (Lipinski definition) is 8. The second-order valence-electron chi connectivity index (χ2n) is 13.8. The van der Waals surface area contributed by atoms with Gasteiger partial charge in [0.2, 0.25) is 11.8 Å². The summed E-state index contributed by atoms with van der Waals surface area (Å²) in [5.74, 6) is -5.62. The van der Waals surface area contributed by atoms with E-state index >= 15 is 4.79 Å². The van der Waals surface area contributed by atoms with Crippen LogP contribution >= 0.6 is 50.7 Å². The van der Waals surface area contributed by atoms with Gasteiger partial charge in [0.25, 0.3) is 11.8 Å². The molecule has 54 heavy (non-hydrogen) atoms. The number of nitrogens with zero attached hydrogens (tertiary/aromatic N) is 2. The zero-order chi connectivity index (χ0) is 38.2. The summed E-state index contributed by atoms with van der Waals surface area (Å²) >= 11 is 22.8. The maximum atomic E-state index is 15.5. The fourth-order valence-electron chi connectivity index (χ4n) is 8.98. The van der Waals surface area contributed by atoms with Gasteiger partial charge in [0.15, 0.2) is 11.5 Å². The van der Waals surface area contributed by atoms with E-state index in [9.17, 15) is 19.5 Å². The molecule has 14 heteroatoms. The third kappa shape index (κ3) is 5.42. The Kier molecular flexibility index (Phi) is 9.20. The Morgan fingerprint density at radius 1 is 0.833 bits per heavy atom. The molecule has 2 saturated heterocycles. The Morgan fingerprint density at radius 3 is 2.22 bits per heavy atom. The number of anilines is 2. The molecule has 4 aromatic rings. The van der Waals surface area contributed by atoms with Crippen molar-refractivity contribution in [3.63, 3.8) is 0 Å². The highest BCUT2D eigenvalue weighted by Crippen LogP contribution is 2.65. The molecule has 2 N–H and O–H groups in total. The molecule has 276 valence electrons. The van der Waals surface area contributed by atoms with Gasteiger partial charge in [-0.2, -0.15) is 5.01 Å². The fourth-order valence-corrected chi connectivity index (χ4v) is 9.91. The van der Waals surface area contributed by atoms with E-state index in [1.165, 1.54) is 25.2 Å². The zero-order valence-corrected chi connectivity index (χ0v) is 32.5. The van der Waals surface area contributed by atoms with E-state index in [1.807, 2.05) is 6.08 Å². The first-order valence-corrected chi connectivity index (χ1v) is 19.0. The van der Waals surface area contributed by atoms with E-state index in [4.69, 9.17) is 44.3 Å². The summed E-state index contributed by atoms with van der Waals surface area (Å²) < 4.78 is 11.8. The summed E-state index contributed by atoms with van der Waals surface area (Å²) in [4.78, 5) is 60.2. The lowest BCUT2D eigenvalue weighted by Crippen LogP contribution is -2.53. The van der Waals surface area contributed by atoms with Crippen molar-refractivity contribution < 1.29 is 33.8 Å². The number of ether oxygens (including phenoxy) is 2. The van der Waals surface area contributed by atoms with Gasteiger partial charge < -0.3 is 14.6 Å². The highest BCUT2D eigenvalue weighted by atomic mass is 79.9. The van der Waals surface area contributed by atoms with Crippen LogP contribution in [0.25, 0.3) is 0 Å². The topological polar surface area (TPSA) is 125 Å². The lowest BCUT2D eigenvalue weighted by Gasteiger charge is -2.50. The number of benzene rings is 4. The molecule has 0 unspecified atom stereocenters. The molecule has 10 nitrogen and oxygen atoms in total. The zero-order valence-electron chi connectivity index (χ0n) is 28.7. The number of allylic oxidation sites excluding steroid dienone is 2. The Bertz CT molecular complexity index is 2290. The average molecular weight is 852 g/mol. The van der Waals surface area contributed by atoms with Gasteiger partial charge in [-0.15, -0.1) is 0 Å². The van der Waals surface area contributed by atoms with Crippen LogP contribution in [-0.2, 0) is 24.6 Å². The summed E-state index contributed by atoms with van der Waals surface area (Å²) in [5, 5.41) is 12.3. The monoisotopic (exact) mass is 849 g/mol. The van der Waals surface area contributed by atoms with Gasteiger partial charge in [-0.05, 0) is 96.6 Å². The third-order valence-electron chi connectivity index (χ3n) is 11.3. The van der Waals surface area contributed by atoms with Gasteiger partial charge >= 0.3 is 0 Å². The van der Waals surface area contributed by atoms with Gasteiger partial charge in [0.05, 0.1) is 58.8 Å². The van der Waals surface area contributed by atoms with E-state index in [0.29, 0.717) is 33.2 Å². The predicted octanol–water partition coefficient (Wildman–Crippen LogP) is 8.32. The van der Waals surface area contributed by atoms with Crippen LogP contribution in [0.3, 0.4) is 0 Å². The van der Waals surface area contributed by atoms with Crippen molar-refractivity contribution in [3.8, 4) is 17.2 Å². The van der Waals surface area contributed by atoms with Gasteiger partial charge in [-0.3, -0.25) is 29.5 Å². The van der Waals surface area contributed by atoms with Gasteiger partial charge in [-0.1, -0.05) is 74.5 Å². The smallest absolute Gasteiger partial charge is 0.260 e. The van der Waals surface area contributed by atoms with Crippen molar-refractivity contribution in [2.24, 2.45) is 23.7 Å². The lowest BCUT2D eigenvalue weighted by molar-refractivity contribution is -0.138. The Balaban J connectivity index is 1.35. The molecule has 4 aromatic carbocycles. The normalized spacial score (nSPS) is 26.0. The molecule has 8 rings (SSSR count). The summed E-state index contributed by atoms with van der Waals surface area (Å²) in [6.07, 6.45) is 2.23. The second kappa shape index (κ2) is 13.6. The first-order chi connectivity index (χ1) is 25.9. The van der Waals surface area contributed by atoms with Crippen LogP contribution in [0, 0.1) is 23.7 Å². The van der Waals surface area contributed by atoms with Crippen molar-refractivity contribution in [1.29, 1.82) is 0 Å². The molecule has 3 fully saturated rings. The number of methoxy groups -OCH3 is 2. The number of imide groups is 2. The predicted molar refractivity (Wildman–Crippen MR) is 207 cm³/mol. The number of phenolic OH excluding ortho intramolecular Hbond substituents is 1. The molecule has 0 bridgehead atoms. The third-order valence-corrected chi connectivity index (χ3v) is 12.6. The van der Waals surface area contributed by atoms with Crippen LogP contribution < -0.4 is 19.8 Å². The van der Waals surface area contributed by atoms with Gasteiger partial charge in [-0.25, -0.2) is 0 Å². The Labute approximate surface area is 333 Å². The molecule has 2 aliphatic carbocycles. The molecule has 0 aromatic heterocycles. The van der Waals surface area contributed by atoms with Crippen molar-refractivity contribution in [2.45, 2.75) is 24.2 Å². The summed E-state index contributed by atoms with van der Waals surface area (Å²) in [5.41, 5.74) is 3.77. The van der Waals surface area contributed by atoms with Gasteiger partial charge in [0, 0.05) is 15.4 Å². The number of fused-ring (bicyclic) bond motifs is 4. The minimum Gasteiger partial charge on any atom is -0.503 e. The fraction of sp³-hybridized carbons (Fsp3) is 0.250. The number of phenols is 1. The highest BCUT2D eigenvalue weighted by Gasteiger charge is 2.70. The Morgan fingerprint density at radius 2 is 1.56 bits per heavy atom. The van der Waals surface area contributed by atoms with Crippen LogP contribution in [-0.4, -0.2) is 48.0 Å². The quantitative estimate of drug-likeness (QED) is 0.141. The summed E-state index contributed by atoms with van der Waals surface area (Å²) in [6, 6.07) is 21.7. The second-order valence-corrected chi connectivity index (χ2v) is 15.9. The minimum atomic E-state index is -1.62. The van der Waals surface area contributed by atoms with Crippen molar-refractivity contribution in [3.05, 3.63) is 121 Å². The number of aromatic hydroxyl groups is 1. The molecule has 1 saturated carbocycles. The molecular weight excluding hydrogens is 821 g/mol. The van der Waals surface area contributed by atoms with Crippen LogP contribution in [0.5, 0.6) is 17.2 Å². The van der Waals surface area contributed by atoms with Crippen LogP contribution in [0.1, 0.15) is 29.9 Å². The van der Waals surface area contributed by atoms with E-state index in [-0.39, 0.29) is 51.9 Å². The van der Waals surface area contributed by atoms with E-state index < -0.39 is 46.8 Å². The molecule has 2 heterocycles. The number of rotatable bonds is 7. The molecule has 2 aliphatic heterocycles.